The largest absolute Gasteiger partial charge is 0.497 e. The maximum Gasteiger partial charge on any atom is 0.305 e. The van der Waals surface area contributed by atoms with Gasteiger partial charge in [0.25, 0.3) is 0 Å². The quantitative estimate of drug-likeness (QED) is 0.616. The standard InChI is InChI=1S/C24H25NO4/c1-17(19-8-9-21-15-22(29-2)11-10-20(21)14-19)24(28)25(13-12-23(26)27)16-18-6-4-3-5-7-18/h3-11,14-15,17H,12-13,16H2,1-2H3,(H,26,27). The van der Waals surface area contributed by atoms with Crippen LogP contribution in [0.1, 0.15) is 30.4 Å². The maximum absolute atomic E-state index is 13.2. The summed E-state index contributed by atoms with van der Waals surface area (Å²) in [6, 6.07) is 21.4. The van der Waals surface area contributed by atoms with Gasteiger partial charge in [0, 0.05) is 13.1 Å². The Morgan fingerprint density at radius 2 is 1.69 bits per heavy atom. The Hall–Kier alpha value is -3.34. The van der Waals surface area contributed by atoms with Crippen LogP contribution in [0.25, 0.3) is 10.8 Å². The Morgan fingerprint density at radius 3 is 2.38 bits per heavy atom. The number of aliphatic carboxylic acids is 1. The molecule has 1 N–H and O–H groups in total. The first kappa shape index (κ1) is 20.4. The van der Waals surface area contributed by atoms with E-state index in [2.05, 4.69) is 0 Å². The normalized spacial score (nSPS) is 11.8. The first-order valence-corrected chi connectivity index (χ1v) is 9.60. The van der Waals surface area contributed by atoms with Gasteiger partial charge in [0.15, 0.2) is 0 Å². The average Bonchev–Trinajstić information content (AvgIpc) is 2.75. The summed E-state index contributed by atoms with van der Waals surface area (Å²) in [7, 11) is 1.63. The van der Waals surface area contributed by atoms with Crippen molar-refractivity contribution in [2.24, 2.45) is 0 Å². The van der Waals surface area contributed by atoms with Gasteiger partial charge in [-0.15, -0.1) is 0 Å². The molecule has 0 spiro atoms. The molecule has 0 radical (unpaired) electrons. The fourth-order valence-electron chi connectivity index (χ4n) is 3.36. The van der Waals surface area contributed by atoms with Crippen LogP contribution in [0.15, 0.2) is 66.7 Å². The van der Waals surface area contributed by atoms with Gasteiger partial charge in [0.2, 0.25) is 5.91 Å². The number of hydrogen-bond donors (Lipinski definition) is 1. The molecule has 0 fully saturated rings. The number of ether oxygens (including phenoxy) is 1. The molecule has 1 amide bonds. The minimum Gasteiger partial charge on any atom is -0.497 e. The number of carbonyl (C=O) groups is 2. The molecular weight excluding hydrogens is 366 g/mol. The molecule has 3 aromatic carbocycles. The van der Waals surface area contributed by atoms with Crippen LogP contribution in [0, 0.1) is 0 Å². The summed E-state index contributed by atoms with van der Waals surface area (Å²) in [6.45, 7) is 2.44. The topological polar surface area (TPSA) is 66.8 Å². The minimum atomic E-state index is -0.914. The van der Waals surface area contributed by atoms with Crippen molar-refractivity contribution in [3.05, 3.63) is 77.9 Å². The van der Waals surface area contributed by atoms with Crippen molar-refractivity contribution >= 4 is 22.6 Å². The zero-order valence-corrected chi connectivity index (χ0v) is 16.7. The molecule has 0 saturated heterocycles. The molecule has 0 aliphatic heterocycles. The third kappa shape index (κ3) is 5.13. The smallest absolute Gasteiger partial charge is 0.305 e. The average molecular weight is 391 g/mol. The second-order valence-electron chi connectivity index (χ2n) is 7.08. The molecule has 0 saturated carbocycles. The molecule has 5 heteroatoms. The molecule has 3 aromatic rings. The molecule has 1 atom stereocenters. The molecule has 150 valence electrons. The summed E-state index contributed by atoms with van der Waals surface area (Å²) in [4.78, 5) is 25.9. The van der Waals surface area contributed by atoms with Gasteiger partial charge < -0.3 is 14.7 Å². The van der Waals surface area contributed by atoms with Crippen molar-refractivity contribution in [1.82, 2.24) is 4.90 Å². The number of fused-ring (bicyclic) bond motifs is 1. The van der Waals surface area contributed by atoms with Gasteiger partial charge in [0.1, 0.15) is 5.75 Å². The number of carboxylic acid groups (broad SMARTS) is 1. The summed E-state index contributed by atoms with van der Waals surface area (Å²) in [5, 5.41) is 11.2. The van der Waals surface area contributed by atoms with Crippen LogP contribution in [0.3, 0.4) is 0 Å². The zero-order valence-electron chi connectivity index (χ0n) is 16.7. The van der Waals surface area contributed by atoms with Crippen LogP contribution in [-0.4, -0.2) is 35.5 Å². The third-order valence-electron chi connectivity index (χ3n) is 5.07. The van der Waals surface area contributed by atoms with Crippen molar-refractivity contribution in [2.75, 3.05) is 13.7 Å². The van der Waals surface area contributed by atoms with E-state index < -0.39 is 5.97 Å². The summed E-state index contributed by atoms with van der Waals surface area (Å²) in [6.07, 6.45) is -0.0805. The van der Waals surface area contributed by atoms with Gasteiger partial charge in [0.05, 0.1) is 19.4 Å². The van der Waals surface area contributed by atoms with Gasteiger partial charge in [-0.05, 0) is 41.0 Å². The summed E-state index contributed by atoms with van der Waals surface area (Å²) >= 11 is 0. The van der Waals surface area contributed by atoms with Crippen molar-refractivity contribution in [3.8, 4) is 5.75 Å². The minimum absolute atomic E-state index is 0.0805. The van der Waals surface area contributed by atoms with Crippen LogP contribution >= 0.6 is 0 Å². The Kier molecular flexibility index (Phi) is 6.50. The first-order chi connectivity index (χ1) is 14.0. The van der Waals surface area contributed by atoms with Gasteiger partial charge in [-0.2, -0.15) is 0 Å². The van der Waals surface area contributed by atoms with Crippen LogP contribution in [-0.2, 0) is 16.1 Å². The summed E-state index contributed by atoms with van der Waals surface area (Å²) < 4.78 is 5.26. The Balaban J connectivity index is 1.83. The number of hydrogen-bond acceptors (Lipinski definition) is 3. The van der Waals surface area contributed by atoms with E-state index in [9.17, 15) is 9.59 Å². The highest BCUT2D eigenvalue weighted by Crippen LogP contribution is 2.26. The Bertz CT molecular complexity index is 1000. The zero-order chi connectivity index (χ0) is 20.8. The predicted molar refractivity (Wildman–Crippen MR) is 113 cm³/mol. The van der Waals surface area contributed by atoms with Gasteiger partial charge >= 0.3 is 5.97 Å². The molecule has 0 aliphatic carbocycles. The third-order valence-corrected chi connectivity index (χ3v) is 5.07. The fraction of sp³-hybridized carbons (Fsp3) is 0.250. The van der Waals surface area contributed by atoms with E-state index in [-0.39, 0.29) is 24.8 Å². The molecular formula is C24H25NO4. The van der Waals surface area contributed by atoms with Crippen LogP contribution in [0.2, 0.25) is 0 Å². The molecule has 3 rings (SSSR count). The highest BCUT2D eigenvalue weighted by atomic mass is 16.5. The lowest BCUT2D eigenvalue weighted by atomic mass is 9.96. The summed E-state index contributed by atoms with van der Waals surface area (Å²) in [5.74, 6) is -0.581. The molecule has 29 heavy (non-hydrogen) atoms. The molecule has 0 heterocycles. The van der Waals surface area contributed by atoms with Gasteiger partial charge in [-0.3, -0.25) is 9.59 Å². The number of nitrogens with zero attached hydrogens (tertiary/aromatic N) is 1. The van der Waals surface area contributed by atoms with E-state index in [1.165, 1.54) is 0 Å². The first-order valence-electron chi connectivity index (χ1n) is 9.60. The van der Waals surface area contributed by atoms with Crippen LogP contribution in [0.4, 0.5) is 0 Å². The lowest BCUT2D eigenvalue weighted by Crippen LogP contribution is -2.35. The van der Waals surface area contributed by atoms with Crippen molar-refractivity contribution in [3.63, 3.8) is 0 Å². The van der Waals surface area contributed by atoms with E-state index in [4.69, 9.17) is 9.84 Å². The highest BCUT2D eigenvalue weighted by Gasteiger charge is 2.23. The highest BCUT2D eigenvalue weighted by molar-refractivity contribution is 5.88. The maximum atomic E-state index is 13.2. The number of benzene rings is 3. The summed E-state index contributed by atoms with van der Waals surface area (Å²) in [5.41, 5.74) is 1.88. The van der Waals surface area contributed by atoms with E-state index in [0.29, 0.717) is 6.54 Å². The lowest BCUT2D eigenvalue weighted by Gasteiger charge is -2.26. The van der Waals surface area contributed by atoms with E-state index in [0.717, 1.165) is 27.6 Å². The van der Waals surface area contributed by atoms with Crippen LogP contribution < -0.4 is 4.74 Å². The number of methoxy groups -OCH3 is 1. The Labute approximate surface area is 170 Å². The van der Waals surface area contributed by atoms with Crippen LogP contribution in [0.5, 0.6) is 5.75 Å². The van der Waals surface area contributed by atoms with E-state index in [1.807, 2.05) is 73.7 Å². The predicted octanol–water partition coefficient (Wildman–Crippen LogP) is 4.46. The van der Waals surface area contributed by atoms with Crippen molar-refractivity contribution < 1.29 is 19.4 Å². The van der Waals surface area contributed by atoms with E-state index >= 15 is 0 Å². The molecule has 1 unspecified atom stereocenters. The van der Waals surface area contributed by atoms with E-state index in [1.54, 1.807) is 12.0 Å². The second kappa shape index (κ2) is 9.24. The van der Waals surface area contributed by atoms with Gasteiger partial charge in [-0.25, -0.2) is 0 Å². The lowest BCUT2D eigenvalue weighted by molar-refractivity contribution is -0.139. The number of carboxylic acids is 1. The molecule has 5 nitrogen and oxygen atoms in total. The monoisotopic (exact) mass is 391 g/mol. The SMILES string of the molecule is COc1ccc2cc(C(C)C(=O)N(CCC(=O)O)Cc3ccccc3)ccc2c1. The second-order valence-corrected chi connectivity index (χ2v) is 7.08. The molecule has 0 aromatic heterocycles. The van der Waals surface area contributed by atoms with Crippen molar-refractivity contribution in [1.29, 1.82) is 0 Å². The molecule has 0 bridgehead atoms. The number of rotatable bonds is 8. The molecule has 0 aliphatic rings. The number of amides is 1. The number of carbonyl (C=O) groups excluding carboxylic acids is 1. The van der Waals surface area contributed by atoms with Gasteiger partial charge in [-0.1, -0.05) is 54.6 Å². The van der Waals surface area contributed by atoms with Crippen molar-refractivity contribution in [2.45, 2.75) is 25.8 Å². The Morgan fingerprint density at radius 1 is 1.00 bits per heavy atom. The fourth-order valence-corrected chi connectivity index (χ4v) is 3.36.